The number of carbonyl (C=O) groups is 1. The lowest BCUT2D eigenvalue weighted by Crippen LogP contribution is -2.39. The third kappa shape index (κ3) is 3.88. The molecule has 0 spiro atoms. The molecule has 2 aromatic heterocycles. The normalized spacial score (nSPS) is 16.8. The smallest absolute Gasteiger partial charge is 0.255 e. The summed E-state index contributed by atoms with van der Waals surface area (Å²) in [7, 11) is 0. The lowest BCUT2D eigenvalue weighted by atomic mass is 9.93. The molecule has 1 saturated heterocycles. The average Bonchev–Trinajstić information content (AvgIpc) is 2.74. The summed E-state index contributed by atoms with van der Waals surface area (Å²) in [5.74, 6) is 0.168. The monoisotopic (exact) mass is 373 g/mol. The predicted octanol–water partition coefficient (Wildman–Crippen LogP) is 3.77. The number of hydrogen-bond acceptors (Lipinski definition) is 3. The van der Waals surface area contributed by atoms with E-state index in [0.717, 1.165) is 36.3 Å². The largest absolute Gasteiger partial charge is 0.338 e. The molecule has 0 aliphatic carbocycles. The molecule has 0 radical (unpaired) electrons. The number of aromatic amines is 1. The Hall–Kier alpha value is -3.21. The van der Waals surface area contributed by atoms with Crippen molar-refractivity contribution in [1.29, 1.82) is 0 Å². The lowest BCUT2D eigenvalue weighted by molar-refractivity contribution is 0.0705. The van der Waals surface area contributed by atoms with E-state index in [2.05, 4.69) is 36.2 Å². The SMILES string of the molecule is Cc1cccc(-c2cccc([C@@H]3CCCN(C(=O)c4ccc(=O)[nH]c4)C3)n2)c1. The van der Waals surface area contributed by atoms with Gasteiger partial charge in [-0.05, 0) is 44.0 Å². The van der Waals surface area contributed by atoms with Crippen molar-refractivity contribution in [2.45, 2.75) is 25.7 Å². The first-order valence-corrected chi connectivity index (χ1v) is 9.62. The van der Waals surface area contributed by atoms with Gasteiger partial charge in [-0.15, -0.1) is 0 Å². The fourth-order valence-corrected chi connectivity index (χ4v) is 3.77. The van der Waals surface area contributed by atoms with E-state index in [1.165, 1.54) is 17.8 Å². The Morgan fingerprint density at radius 1 is 1.14 bits per heavy atom. The van der Waals surface area contributed by atoms with Crippen LogP contribution in [0.15, 0.2) is 65.6 Å². The molecule has 1 N–H and O–H groups in total. The molecule has 1 aromatic carbocycles. The molecule has 1 amide bonds. The van der Waals surface area contributed by atoms with Gasteiger partial charge in [-0.1, -0.05) is 29.8 Å². The summed E-state index contributed by atoms with van der Waals surface area (Å²) in [6.45, 7) is 3.45. The Morgan fingerprint density at radius 3 is 2.79 bits per heavy atom. The highest BCUT2D eigenvalue weighted by atomic mass is 16.2. The third-order valence-corrected chi connectivity index (χ3v) is 5.24. The van der Waals surface area contributed by atoms with Gasteiger partial charge in [0, 0.05) is 42.5 Å². The summed E-state index contributed by atoms with van der Waals surface area (Å²) in [4.78, 5) is 33.4. The predicted molar refractivity (Wildman–Crippen MR) is 109 cm³/mol. The zero-order valence-corrected chi connectivity index (χ0v) is 15.9. The van der Waals surface area contributed by atoms with Crippen LogP contribution in [-0.4, -0.2) is 33.9 Å². The maximum Gasteiger partial charge on any atom is 0.255 e. The van der Waals surface area contributed by atoms with Crippen LogP contribution in [0.2, 0.25) is 0 Å². The number of amides is 1. The van der Waals surface area contributed by atoms with Crippen LogP contribution in [0.25, 0.3) is 11.3 Å². The summed E-state index contributed by atoms with van der Waals surface area (Å²) in [6.07, 6.45) is 3.45. The number of rotatable bonds is 3. The molecule has 5 heteroatoms. The van der Waals surface area contributed by atoms with Gasteiger partial charge in [-0.2, -0.15) is 0 Å². The van der Waals surface area contributed by atoms with Crippen molar-refractivity contribution in [2.24, 2.45) is 0 Å². The van der Waals surface area contributed by atoms with E-state index < -0.39 is 0 Å². The van der Waals surface area contributed by atoms with E-state index in [-0.39, 0.29) is 17.4 Å². The van der Waals surface area contributed by atoms with E-state index in [0.29, 0.717) is 12.1 Å². The fourth-order valence-electron chi connectivity index (χ4n) is 3.77. The third-order valence-electron chi connectivity index (χ3n) is 5.24. The number of pyridine rings is 2. The number of likely N-dealkylation sites (tertiary alicyclic amines) is 1. The number of nitrogens with zero attached hydrogens (tertiary/aromatic N) is 2. The minimum Gasteiger partial charge on any atom is -0.338 e. The molecule has 142 valence electrons. The zero-order valence-electron chi connectivity index (χ0n) is 15.9. The summed E-state index contributed by atoms with van der Waals surface area (Å²) >= 11 is 0. The first-order valence-electron chi connectivity index (χ1n) is 9.62. The van der Waals surface area contributed by atoms with Crippen molar-refractivity contribution < 1.29 is 4.79 Å². The van der Waals surface area contributed by atoms with Crippen LogP contribution in [0.1, 0.15) is 40.4 Å². The first-order chi connectivity index (χ1) is 13.6. The van der Waals surface area contributed by atoms with Gasteiger partial charge in [0.15, 0.2) is 0 Å². The molecule has 0 saturated carbocycles. The molecule has 3 aromatic rings. The Kier molecular flexibility index (Phi) is 5.06. The van der Waals surface area contributed by atoms with Gasteiger partial charge < -0.3 is 9.88 Å². The van der Waals surface area contributed by atoms with Crippen molar-refractivity contribution in [1.82, 2.24) is 14.9 Å². The Labute approximate surface area is 164 Å². The first kappa shape index (κ1) is 18.2. The highest BCUT2D eigenvalue weighted by molar-refractivity contribution is 5.94. The van der Waals surface area contributed by atoms with E-state index >= 15 is 0 Å². The summed E-state index contributed by atoms with van der Waals surface area (Å²) in [6, 6.07) is 17.4. The standard InChI is InChI=1S/C23H23N3O2/c1-16-5-2-6-17(13-16)20-8-3-9-21(25-20)19-7-4-12-26(15-19)23(28)18-10-11-22(27)24-14-18/h2-3,5-6,8-11,13-14,19H,4,7,12,15H2,1H3,(H,24,27)/t19-/m1/s1. The number of nitrogens with one attached hydrogen (secondary N) is 1. The van der Waals surface area contributed by atoms with Crippen molar-refractivity contribution in [3.63, 3.8) is 0 Å². The van der Waals surface area contributed by atoms with Gasteiger partial charge in [-0.3, -0.25) is 14.6 Å². The fraction of sp³-hybridized carbons (Fsp3) is 0.261. The Bertz CT molecular complexity index is 1040. The number of aryl methyl sites for hydroxylation is 1. The number of benzene rings is 1. The zero-order chi connectivity index (χ0) is 19.5. The van der Waals surface area contributed by atoms with Crippen molar-refractivity contribution in [3.05, 3.63) is 88.0 Å². The molecule has 3 heterocycles. The van der Waals surface area contributed by atoms with E-state index in [1.54, 1.807) is 6.07 Å². The molecule has 1 aliphatic rings. The van der Waals surface area contributed by atoms with Crippen LogP contribution in [0.5, 0.6) is 0 Å². The average molecular weight is 373 g/mol. The molecule has 4 rings (SSSR count). The summed E-state index contributed by atoms with van der Waals surface area (Å²) in [5.41, 5.74) is 4.62. The van der Waals surface area contributed by atoms with Crippen LogP contribution in [0.4, 0.5) is 0 Å². The van der Waals surface area contributed by atoms with Gasteiger partial charge >= 0.3 is 0 Å². The van der Waals surface area contributed by atoms with Crippen LogP contribution in [0, 0.1) is 6.92 Å². The summed E-state index contributed by atoms with van der Waals surface area (Å²) in [5, 5.41) is 0. The minimum absolute atomic E-state index is 0.0456. The molecule has 0 bridgehead atoms. The van der Waals surface area contributed by atoms with Gasteiger partial charge in [0.25, 0.3) is 5.91 Å². The van der Waals surface area contributed by atoms with Crippen LogP contribution < -0.4 is 5.56 Å². The minimum atomic E-state index is -0.203. The molecule has 1 fully saturated rings. The van der Waals surface area contributed by atoms with Gasteiger partial charge in [-0.25, -0.2) is 0 Å². The van der Waals surface area contributed by atoms with E-state index in [1.807, 2.05) is 23.1 Å². The molecule has 5 nitrogen and oxygen atoms in total. The molecule has 1 atom stereocenters. The van der Waals surface area contributed by atoms with Crippen molar-refractivity contribution in [2.75, 3.05) is 13.1 Å². The quantitative estimate of drug-likeness (QED) is 0.760. The van der Waals surface area contributed by atoms with Crippen LogP contribution >= 0.6 is 0 Å². The molecular formula is C23H23N3O2. The van der Waals surface area contributed by atoms with Gasteiger partial charge in [0.05, 0.1) is 11.3 Å². The second-order valence-corrected chi connectivity index (χ2v) is 7.35. The Balaban J connectivity index is 1.55. The number of hydrogen-bond donors (Lipinski definition) is 1. The molecule has 28 heavy (non-hydrogen) atoms. The van der Waals surface area contributed by atoms with Crippen molar-refractivity contribution >= 4 is 5.91 Å². The maximum absolute atomic E-state index is 12.8. The van der Waals surface area contributed by atoms with Gasteiger partial charge in [0.1, 0.15) is 0 Å². The number of H-pyrrole nitrogens is 1. The number of piperidine rings is 1. The second kappa shape index (κ2) is 7.80. The highest BCUT2D eigenvalue weighted by Gasteiger charge is 2.26. The maximum atomic E-state index is 12.8. The van der Waals surface area contributed by atoms with Gasteiger partial charge in [0.2, 0.25) is 5.56 Å². The summed E-state index contributed by atoms with van der Waals surface area (Å²) < 4.78 is 0. The molecule has 0 unspecified atom stereocenters. The topological polar surface area (TPSA) is 66.1 Å². The van der Waals surface area contributed by atoms with Crippen LogP contribution in [0.3, 0.4) is 0 Å². The highest BCUT2D eigenvalue weighted by Crippen LogP contribution is 2.28. The molecular weight excluding hydrogens is 350 g/mol. The Morgan fingerprint density at radius 2 is 2.00 bits per heavy atom. The second-order valence-electron chi connectivity index (χ2n) is 7.35. The number of aromatic nitrogens is 2. The molecule has 1 aliphatic heterocycles. The van der Waals surface area contributed by atoms with E-state index in [4.69, 9.17) is 4.98 Å². The van der Waals surface area contributed by atoms with E-state index in [9.17, 15) is 9.59 Å². The lowest BCUT2D eigenvalue weighted by Gasteiger charge is -2.32. The number of carbonyl (C=O) groups excluding carboxylic acids is 1. The van der Waals surface area contributed by atoms with Crippen LogP contribution in [-0.2, 0) is 0 Å². The van der Waals surface area contributed by atoms with Crippen molar-refractivity contribution in [3.8, 4) is 11.3 Å².